The summed E-state index contributed by atoms with van der Waals surface area (Å²) in [6.45, 7) is 6.23. The van der Waals surface area contributed by atoms with Crippen molar-refractivity contribution in [3.05, 3.63) is 47.3 Å². The number of hydrogen-bond acceptors (Lipinski definition) is 2. The number of H-pyrrole nitrogens is 1. The quantitative estimate of drug-likeness (QED) is 0.703. The summed E-state index contributed by atoms with van der Waals surface area (Å²) in [7, 11) is 0. The van der Waals surface area contributed by atoms with Gasteiger partial charge in [-0.2, -0.15) is 0 Å². The average Bonchev–Trinajstić information content (AvgIpc) is 2.73. The molecule has 0 atom stereocenters. The monoisotopic (exact) mass is 237 g/mol. The first-order chi connectivity index (χ1) is 8.63. The number of aromatic nitrogens is 3. The largest absolute Gasteiger partial charge is 0.338 e. The normalized spacial score (nSPS) is 11.1. The maximum Gasteiger partial charge on any atom is 0.140 e. The minimum atomic E-state index is 0.884. The van der Waals surface area contributed by atoms with Crippen LogP contribution in [-0.4, -0.2) is 15.0 Å². The van der Waals surface area contributed by atoms with Crippen molar-refractivity contribution in [2.24, 2.45) is 0 Å². The van der Waals surface area contributed by atoms with Gasteiger partial charge in [0, 0.05) is 18.0 Å². The van der Waals surface area contributed by atoms with Crippen LogP contribution in [0.1, 0.15) is 16.7 Å². The number of benzene rings is 1. The molecule has 3 aromatic rings. The second kappa shape index (κ2) is 3.95. The Bertz CT molecular complexity index is 726. The Hall–Kier alpha value is -2.16. The van der Waals surface area contributed by atoms with Crippen LogP contribution in [0.25, 0.3) is 22.4 Å². The molecule has 3 heteroatoms. The van der Waals surface area contributed by atoms with E-state index in [0.717, 1.165) is 28.0 Å². The number of aromatic amines is 1. The van der Waals surface area contributed by atoms with Crippen LogP contribution in [0.3, 0.4) is 0 Å². The maximum absolute atomic E-state index is 4.67. The highest BCUT2D eigenvalue weighted by Crippen LogP contribution is 2.23. The van der Waals surface area contributed by atoms with Crippen molar-refractivity contribution in [1.82, 2.24) is 15.0 Å². The molecule has 1 N–H and O–H groups in total. The fourth-order valence-corrected chi connectivity index (χ4v) is 2.29. The van der Waals surface area contributed by atoms with Crippen LogP contribution >= 0.6 is 0 Å². The van der Waals surface area contributed by atoms with Crippen molar-refractivity contribution in [2.45, 2.75) is 20.8 Å². The molecule has 0 fully saturated rings. The summed E-state index contributed by atoms with van der Waals surface area (Å²) in [6, 6.07) is 6.37. The summed E-state index contributed by atoms with van der Waals surface area (Å²) in [5.74, 6) is 0.884. The van der Waals surface area contributed by atoms with Gasteiger partial charge in [0.05, 0.1) is 11.0 Å². The van der Waals surface area contributed by atoms with Gasteiger partial charge in [0.2, 0.25) is 0 Å². The highest BCUT2D eigenvalue weighted by molar-refractivity contribution is 5.82. The third kappa shape index (κ3) is 1.78. The van der Waals surface area contributed by atoms with Crippen LogP contribution in [0.5, 0.6) is 0 Å². The van der Waals surface area contributed by atoms with E-state index in [9.17, 15) is 0 Å². The Morgan fingerprint density at radius 2 is 1.78 bits per heavy atom. The zero-order valence-corrected chi connectivity index (χ0v) is 10.8. The SMILES string of the molecule is Cc1cncc(-c2nc3c(C)cc(C)cc3[nH]2)c1. The van der Waals surface area contributed by atoms with Gasteiger partial charge in [-0.3, -0.25) is 4.98 Å². The van der Waals surface area contributed by atoms with Crippen molar-refractivity contribution in [3.8, 4) is 11.4 Å². The summed E-state index contributed by atoms with van der Waals surface area (Å²) >= 11 is 0. The summed E-state index contributed by atoms with van der Waals surface area (Å²) in [4.78, 5) is 12.2. The summed E-state index contributed by atoms with van der Waals surface area (Å²) in [6.07, 6.45) is 3.69. The first-order valence-corrected chi connectivity index (χ1v) is 6.02. The summed E-state index contributed by atoms with van der Waals surface area (Å²) in [5, 5.41) is 0. The lowest BCUT2D eigenvalue weighted by Crippen LogP contribution is -1.83. The minimum absolute atomic E-state index is 0.884. The molecule has 90 valence electrons. The highest BCUT2D eigenvalue weighted by Gasteiger charge is 2.08. The number of fused-ring (bicyclic) bond motifs is 1. The summed E-state index contributed by atoms with van der Waals surface area (Å²) < 4.78 is 0. The molecule has 3 nitrogen and oxygen atoms in total. The van der Waals surface area contributed by atoms with Gasteiger partial charge in [-0.05, 0) is 49.6 Å². The number of hydrogen-bond donors (Lipinski definition) is 1. The van der Waals surface area contributed by atoms with Gasteiger partial charge in [0.15, 0.2) is 0 Å². The second-order valence-corrected chi connectivity index (χ2v) is 4.81. The molecule has 18 heavy (non-hydrogen) atoms. The van der Waals surface area contributed by atoms with Crippen LogP contribution in [0.4, 0.5) is 0 Å². The number of nitrogens with one attached hydrogen (secondary N) is 1. The van der Waals surface area contributed by atoms with Crippen molar-refractivity contribution in [3.63, 3.8) is 0 Å². The number of rotatable bonds is 1. The fraction of sp³-hybridized carbons (Fsp3) is 0.200. The van der Waals surface area contributed by atoms with Gasteiger partial charge < -0.3 is 4.98 Å². The predicted octanol–water partition coefficient (Wildman–Crippen LogP) is 3.55. The van der Waals surface area contributed by atoms with Gasteiger partial charge in [-0.25, -0.2) is 4.98 Å². The molecular formula is C15H15N3. The van der Waals surface area contributed by atoms with E-state index in [4.69, 9.17) is 0 Å². The predicted molar refractivity (Wildman–Crippen MR) is 73.5 cm³/mol. The number of imidazole rings is 1. The Morgan fingerprint density at radius 1 is 0.944 bits per heavy atom. The highest BCUT2D eigenvalue weighted by atomic mass is 14.9. The third-order valence-corrected chi connectivity index (χ3v) is 3.07. The average molecular weight is 237 g/mol. The van der Waals surface area contributed by atoms with Crippen LogP contribution in [0, 0.1) is 20.8 Å². The van der Waals surface area contributed by atoms with E-state index in [0.29, 0.717) is 0 Å². The van der Waals surface area contributed by atoms with Gasteiger partial charge in [0.1, 0.15) is 5.82 Å². The van der Waals surface area contributed by atoms with E-state index < -0.39 is 0 Å². The van der Waals surface area contributed by atoms with E-state index in [1.54, 1.807) is 0 Å². The van der Waals surface area contributed by atoms with Crippen molar-refractivity contribution < 1.29 is 0 Å². The lowest BCUT2D eigenvalue weighted by molar-refractivity contribution is 1.24. The minimum Gasteiger partial charge on any atom is -0.338 e. The van der Waals surface area contributed by atoms with Crippen molar-refractivity contribution in [1.29, 1.82) is 0 Å². The van der Waals surface area contributed by atoms with Gasteiger partial charge >= 0.3 is 0 Å². The van der Waals surface area contributed by atoms with Gasteiger partial charge in [0.25, 0.3) is 0 Å². The summed E-state index contributed by atoms with van der Waals surface area (Å²) in [5.41, 5.74) is 6.75. The zero-order chi connectivity index (χ0) is 12.7. The molecule has 1 aromatic carbocycles. The number of aryl methyl sites for hydroxylation is 3. The Morgan fingerprint density at radius 3 is 2.56 bits per heavy atom. The van der Waals surface area contributed by atoms with Crippen molar-refractivity contribution in [2.75, 3.05) is 0 Å². The third-order valence-electron chi connectivity index (χ3n) is 3.07. The lowest BCUT2D eigenvalue weighted by atomic mass is 10.1. The molecule has 0 radical (unpaired) electrons. The molecule has 2 aromatic heterocycles. The fourth-order valence-electron chi connectivity index (χ4n) is 2.29. The standard InChI is InChI=1S/C15H15N3/c1-9-4-11(3)14-13(6-9)17-15(18-14)12-5-10(2)7-16-8-12/h4-8H,1-3H3,(H,17,18). The Labute approximate surface area is 106 Å². The Kier molecular flexibility index (Phi) is 2.40. The molecule has 2 heterocycles. The smallest absolute Gasteiger partial charge is 0.140 e. The van der Waals surface area contributed by atoms with Crippen molar-refractivity contribution >= 4 is 11.0 Å². The van der Waals surface area contributed by atoms with E-state index in [1.165, 1.54) is 11.1 Å². The molecule has 0 spiro atoms. The molecule has 0 amide bonds. The van der Waals surface area contributed by atoms with E-state index in [-0.39, 0.29) is 0 Å². The Balaban J connectivity index is 2.22. The van der Waals surface area contributed by atoms with Crippen LogP contribution in [0.2, 0.25) is 0 Å². The van der Waals surface area contributed by atoms with Crippen LogP contribution < -0.4 is 0 Å². The first kappa shape index (κ1) is 11.0. The zero-order valence-electron chi connectivity index (χ0n) is 10.8. The number of nitrogens with zero attached hydrogens (tertiary/aromatic N) is 2. The van der Waals surface area contributed by atoms with E-state index in [1.807, 2.05) is 19.3 Å². The van der Waals surface area contributed by atoms with E-state index in [2.05, 4.69) is 47.0 Å². The molecule has 0 aliphatic heterocycles. The first-order valence-electron chi connectivity index (χ1n) is 6.02. The molecule has 3 rings (SSSR count). The van der Waals surface area contributed by atoms with Gasteiger partial charge in [-0.15, -0.1) is 0 Å². The second-order valence-electron chi connectivity index (χ2n) is 4.81. The molecule has 0 aliphatic carbocycles. The lowest BCUT2D eigenvalue weighted by Gasteiger charge is -1.96. The molecule has 0 aliphatic rings. The molecule has 0 saturated carbocycles. The van der Waals surface area contributed by atoms with Crippen LogP contribution in [0.15, 0.2) is 30.6 Å². The topological polar surface area (TPSA) is 41.6 Å². The molecule has 0 saturated heterocycles. The van der Waals surface area contributed by atoms with E-state index >= 15 is 0 Å². The molecule has 0 unspecified atom stereocenters. The molecule has 0 bridgehead atoms. The maximum atomic E-state index is 4.67. The van der Waals surface area contributed by atoms with Crippen LogP contribution in [-0.2, 0) is 0 Å². The molecular weight excluding hydrogens is 222 g/mol. The van der Waals surface area contributed by atoms with Gasteiger partial charge in [-0.1, -0.05) is 6.07 Å². The number of pyridine rings is 1.